The van der Waals surface area contributed by atoms with Crippen LogP contribution in [0.2, 0.25) is 10.0 Å². The molecule has 0 saturated heterocycles. The first-order valence-corrected chi connectivity index (χ1v) is 6.80. The van der Waals surface area contributed by atoms with Crippen LogP contribution in [-0.4, -0.2) is 0 Å². The summed E-state index contributed by atoms with van der Waals surface area (Å²) < 4.78 is 0. The largest absolute Gasteiger partial charge is 0.198 e. The first-order chi connectivity index (χ1) is 8.24. The van der Waals surface area contributed by atoms with Crippen molar-refractivity contribution in [2.75, 3.05) is 0 Å². The molecule has 0 radical (unpaired) electrons. The fourth-order valence-corrected chi connectivity index (χ4v) is 3.23. The minimum absolute atomic E-state index is 0.398. The van der Waals surface area contributed by atoms with Gasteiger partial charge in [-0.1, -0.05) is 48.2 Å². The Morgan fingerprint density at radius 3 is 2.76 bits per heavy atom. The highest BCUT2D eigenvalue weighted by Crippen LogP contribution is 2.43. The van der Waals surface area contributed by atoms with Gasteiger partial charge < -0.3 is 0 Å². The summed E-state index contributed by atoms with van der Waals surface area (Å²) >= 11 is 12.3. The van der Waals surface area contributed by atoms with Gasteiger partial charge in [0, 0.05) is 6.42 Å². The van der Waals surface area contributed by atoms with Crippen LogP contribution < -0.4 is 0 Å². The molecule has 1 aliphatic rings. The molecule has 0 amide bonds. The van der Waals surface area contributed by atoms with Crippen molar-refractivity contribution in [1.82, 2.24) is 0 Å². The molecule has 2 rings (SSSR count). The van der Waals surface area contributed by atoms with E-state index in [2.05, 4.69) is 12.1 Å². The van der Waals surface area contributed by atoms with E-state index in [4.69, 9.17) is 28.5 Å². The standard InChI is InChI=1S/C14H15Cl2N/c15-13-7-3-6-12(14(13)16)11-5-2-1-4-10(11)8-9-17/h3,6-7,10-11H,1-2,4-5,8H2. The number of benzene rings is 1. The normalized spacial score (nSPS) is 24.3. The van der Waals surface area contributed by atoms with Crippen LogP contribution in [0, 0.1) is 17.2 Å². The van der Waals surface area contributed by atoms with Crippen molar-refractivity contribution in [2.45, 2.75) is 38.0 Å². The topological polar surface area (TPSA) is 23.8 Å². The first kappa shape index (κ1) is 12.7. The Bertz CT molecular complexity index is 436. The molecule has 0 heterocycles. The van der Waals surface area contributed by atoms with Gasteiger partial charge >= 0.3 is 0 Å². The van der Waals surface area contributed by atoms with E-state index < -0.39 is 0 Å². The lowest BCUT2D eigenvalue weighted by molar-refractivity contribution is 0.312. The van der Waals surface area contributed by atoms with Gasteiger partial charge in [-0.15, -0.1) is 0 Å². The predicted octanol–water partition coefficient (Wildman–Crippen LogP) is 5.18. The molecule has 0 N–H and O–H groups in total. The Balaban J connectivity index is 2.30. The molecule has 1 aliphatic carbocycles. The molecule has 17 heavy (non-hydrogen) atoms. The zero-order valence-electron chi connectivity index (χ0n) is 9.63. The molecule has 90 valence electrons. The average molecular weight is 268 g/mol. The number of nitriles is 1. The Labute approximate surface area is 112 Å². The summed E-state index contributed by atoms with van der Waals surface area (Å²) in [6, 6.07) is 8.11. The molecule has 1 saturated carbocycles. The van der Waals surface area contributed by atoms with Crippen LogP contribution in [0.1, 0.15) is 43.6 Å². The van der Waals surface area contributed by atoms with Crippen molar-refractivity contribution in [3.8, 4) is 6.07 Å². The van der Waals surface area contributed by atoms with Crippen LogP contribution in [0.4, 0.5) is 0 Å². The summed E-state index contributed by atoms with van der Waals surface area (Å²) in [7, 11) is 0. The molecule has 2 atom stereocenters. The maximum atomic E-state index is 8.90. The summed E-state index contributed by atoms with van der Waals surface area (Å²) in [6.07, 6.45) is 5.30. The Morgan fingerprint density at radius 1 is 1.24 bits per heavy atom. The summed E-state index contributed by atoms with van der Waals surface area (Å²) in [5, 5.41) is 10.2. The Morgan fingerprint density at radius 2 is 2.00 bits per heavy atom. The SMILES string of the molecule is N#CCC1CCCCC1c1cccc(Cl)c1Cl. The van der Waals surface area contributed by atoms with E-state index in [9.17, 15) is 0 Å². The molecule has 2 unspecified atom stereocenters. The number of nitrogens with zero attached hydrogens (tertiary/aromatic N) is 1. The molecule has 0 spiro atoms. The minimum atomic E-state index is 0.398. The second kappa shape index (κ2) is 5.76. The van der Waals surface area contributed by atoms with Crippen molar-refractivity contribution in [3.63, 3.8) is 0 Å². The van der Waals surface area contributed by atoms with Crippen LogP contribution >= 0.6 is 23.2 Å². The van der Waals surface area contributed by atoms with E-state index in [-0.39, 0.29) is 0 Å². The Hall–Kier alpha value is -0.710. The van der Waals surface area contributed by atoms with Crippen LogP contribution in [0.3, 0.4) is 0 Å². The molecular formula is C14H15Cl2N. The van der Waals surface area contributed by atoms with Gasteiger partial charge in [-0.3, -0.25) is 0 Å². The second-order valence-corrected chi connectivity index (χ2v) is 5.44. The molecule has 1 aromatic carbocycles. The summed E-state index contributed by atoms with van der Waals surface area (Å²) in [5.74, 6) is 0.833. The van der Waals surface area contributed by atoms with E-state index in [1.807, 2.05) is 12.1 Å². The highest BCUT2D eigenvalue weighted by atomic mass is 35.5. The van der Waals surface area contributed by atoms with Gasteiger partial charge in [-0.2, -0.15) is 5.26 Å². The van der Waals surface area contributed by atoms with E-state index in [0.717, 1.165) is 18.4 Å². The molecular weight excluding hydrogens is 253 g/mol. The third-order valence-corrected chi connectivity index (χ3v) is 4.48. The van der Waals surface area contributed by atoms with Gasteiger partial charge in [0.1, 0.15) is 0 Å². The monoisotopic (exact) mass is 267 g/mol. The lowest BCUT2D eigenvalue weighted by Gasteiger charge is -2.31. The highest BCUT2D eigenvalue weighted by molar-refractivity contribution is 6.42. The third kappa shape index (κ3) is 2.76. The van der Waals surface area contributed by atoms with Crippen LogP contribution in [0.25, 0.3) is 0 Å². The van der Waals surface area contributed by atoms with Crippen molar-refractivity contribution in [1.29, 1.82) is 5.26 Å². The van der Waals surface area contributed by atoms with E-state index >= 15 is 0 Å². The number of hydrogen-bond donors (Lipinski definition) is 0. The summed E-state index contributed by atoms with van der Waals surface area (Å²) in [6.45, 7) is 0. The van der Waals surface area contributed by atoms with Gasteiger partial charge in [-0.25, -0.2) is 0 Å². The van der Waals surface area contributed by atoms with Crippen molar-refractivity contribution in [2.24, 2.45) is 5.92 Å². The van der Waals surface area contributed by atoms with E-state index in [1.165, 1.54) is 12.8 Å². The first-order valence-electron chi connectivity index (χ1n) is 6.05. The van der Waals surface area contributed by atoms with Crippen molar-refractivity contribution >= 4 is 23.2 Å². The molecule has 0 aromatic heterocycles. The molecule has 1 fully saturated rings. The third-order valence-electron chi connectivity index (χ3n) is 3.64. The van der Waals surface area contributed by atoms with Gasteiger partial charge in [0.05, 0.1) is 16.1 Å². The molecule has 1 aromatic rings. The number of halogens is 2. The minimum Gasteiger partial charge on any atom is -0.198 e. The Kier molecular flexibility index (Phi) is 4.31. The average Bonchev–Trinajstić information content (AvgIpc) is 2.34. The fourth-order valence-electron chi connectivity index (χ4n) is 2.79. The fraction of sp³-hybridized carbons (Fsp3) is 0.500. The number of hydrogen-bond acceptors (Lipinski definition) is 1. The van der Waals surface area contributed by atoms with Crippen LogP contribution in [0.15, 0.2) is 18.2 Å². The van der Waals surface area contributed by atoms with Gasteiger partial charge in [0.2, 0.25) is 0 Å². The van der Waals surface area contributed by atoms with Gasteiger partial charge in [0.15, 0.2) is 0 Å². The van der Waals surface area contributed by atoms with Crippen molar-refractivity contribution in [3.05, 3.63) is 33.8 Å². The zero-order chi connectivity index (χ0) is 12.3. The van der Waals surface area contributed by atoms with E-state index in [0.29, 0.717) is 28.3 Å². The molecule has 3 heteroatoms. The van der Waals surface area contributed by atoms with Gasteiger partial charge in [-0.05, 0) is 36.3 Å². The summed E-state index contributed by atoms with van der Waals surface area (Å²) in [4.78, 5) is 0. The maximum absolute atomic E-state index is 8.90. The lowest BCUT2D eigenvalue weighted by Crippen LogP contribution is -2.17. The van der Waals surface area contributed by atoms with E-state index in [1.54, 1.807) is 0 Å². The highest BCUT2D eigenvalue weighted by Gasteiger charge is 2.28. The summed E-state index contributed by atoms with van der Waals surface area (Å²) in [5.41, 5.74) is 1.12. The zero-order valence-corrected chi connectivity index (χ0v) is 11.1. The predicted molar refractivity (Wildman–Crippen MR) is 71.4 cm³/mol. The second-order valence-electron chi connectivity index (χ2n) is 4.66. The molecule has 0 bridgehead atoms. The lowest BCUT2D eigenvalue weighted by atomic mass is 9.74. The molecule has 0 aliphatic heterocycles. The van der Waals surface area contributed by atoms with Crippen LogP contribution in [0.5, 0.6) is 0 Å². The quantitative estimate of drug-likeness (QED) is 0.724. The maximum Gasteiger partial charge on any atom is 0.0627 e. The van der Waals surface area contributed by atoms with Gasteiger partial charge in [0.25, 0.3) is 0 Å². The number of rotatable bonds is 2. The van der Waals surface area contributed by atoms with Crippen molar-refractivity contribution < 1.29 is 0 Å². The molecule has 1 nitrogen and oxygen atoms in total. The smallest absolute Gasteiger partial charge is 0.0627 e. The van der Waals surface area contributed by atoms with Crippen LogP contribution in [-0.2, 0) is 0 Å².